The molecule has 3 aromatic rings. The summed E-state index contributed by atoms with van der Waals surface area (Å²) in [6.45, 7) is 4.70. The lowest BCUT2D eigenvalue weighted by Crippen LogP contribution is -2.46. The Kier molecular flexibility index (Phi) is 5.04. The van der Waals surface area contributed by atoms with Gasteiger partial charge in [-0.05, 0) is 18.2 Å². The van der Waals surface area contributed by atoms with Crippen LogP contribution in [-0.4, -0.2) is 71.6 Å². The van der Waals surface area contributed by atoms with Gasteiger partial charge >= 0.3 is 0 Å². The van der Waals surface area contributed by atoms with Gasteiger partial charge in [-0.1, -0.05) is 0 Å². The number of benzene rings is 1. The molecule has 3 heterocycles. The van der Waals surface area contributed by atoms with Crippen molar-refractivity contribution in [3.8, 4) is 5.88 Å². The molecule has 0 spiro atoms. The fourth-order valence-electron chi connectivity index (χ4n) is 3.24. The number of piperazine rings is 1. The lowest BCUT2D eigenvalue weighted by molar-refractivity contribution is 0.245. The van der Waals surface area contributed by atoms with Crippen molar-refractivity contribution in [3.63, 3.8) is 0 Å². The van der Waals surface area contributed by atoms with Crippen LogP contribution in [0.3, 0.4) is 0 Å². The number of anilines is 2. The first-order valence-corrected chi connectivity index (χ1v) is 9.67. The standard InChI is InChI=1S/C18H23N7OS/c1-23(2)18-21-16(22-27-18)11-24-6-8-25(9-7-24)13-4-5-15-14(10-13)17(26-3)20-12-19-15/h4-5,10,12H,6-9,11H2,1-3H3. The predicted molar refractivity (Wildman–Crippen MR) is 108 cm³/mol. The average Bonchev–Trinajstić information content (AvgIpc) is 3.16. The highest BCUT2D eigenvalue weighted by Crippen LogP contribution is 2.27. The van der Waals surface area contributed by atoms with E-state index in [4.69, 9.17) is 4.74 Å². The van der Waals surface area contributed by atoms with E-state index in [9.17, 15) is 0 Å². The summed E-state index contributed by atoms with van der Waals surface area (Å²) < 4.78 is 9.85. The molecule has 2 aromatic heterocycles. The lowest BCUT2D eigenvalue weighted by Gasteiger charge is -2.35. The van der Waals surface area contributed by atoms with Gasteiger partial charge in [0.2, 0.25) is 11.0 Å². The summed E-state index contributed by atoms with van der Waals surface area (Å²) in [6.07, 6.45) is 1.54. The average molecular weight is 385 g/mol. The van der Waals surface area contributed by atoms with Gasteiger partial charge in [0.25, 0.3) is 0 Å². The Bertz CT molecular complexity index is 921. The highest BCUT2D eigenvalue weighted by Gasteiger charge is 2.20. The van der Waals surface area contributed by atoms with Crippen LogP contribution in [0.4, 0.5) is 10.8 Å². The topological polar surface area (TPSA) is 70.5 Å². The Morgan fingerprint density at radius 2 is 1.96 bits per heavy atom. The van der Waals surface area contributed by atoms with E-state index < -0.39 is 0 Å². The van der Waals surface area contributed by atoms with Crippen molar-refractivity contribution >= 4 is 33.3 Å². The molecule has 142 valence electrons. The minimum atomic E-state index is 0.617. The Hall–Kier alpha value is -2.52. The van der Waals surface area contributed by atoms with Crippen LogP contribution in [-0.2, 0) is 6.54 Å². The summed E-state index contributed by atoms with van der Waals surface area (Å²) in [7, 11) is 5.63. The van der Waals surface area contributed by atoms with Crippen LogP contribution >= 0.6 is 11.5 Å². The van der Waals surface area contributed by atoms with E-state index >= 15 is 0 Å². The van der Waals surface area contributed by atoms with Gasteiger partial charge in [-0.15, -0.1) is 0 Å². The molecule has 0 unspecified atom stereocenters. The molecular formula is C18H23N7OS. The number of rotatable bonds is 5. The maximum atomic E-state index is 5.38. The second-order valence-corrected chi connectivity index (χ2v) is 7.47. The van der Waals surface area contributed by atoms with Crippen LogP contribution in [0.2, 0.25) is 0 Å². The maximum absolute atomic E-state index is 5.38. The van der Waals surface area contributed by atoms with Crippen LogP contribution in [0.15, 0.2) is 24.5 Å². The van der Waals surface area contributed by atoms with E-state index in [1.54, 1.807) is 7.11 Å². The third-order valence-electron chi connectivity index (χ3n) is 4.72. The zero-order valence-electron chi connectivity index (χ0n) is 15.8. The number of hydrogen-bond acceptors (Lipinski definition) is 9. The van der Waals surface area contributed by atoms with E-state index in [2.05, 4.69) is 41.3 Å². The largest absolute Gasteiger partial charge is 0.480 e. The molecule has 1 aromatic carbocycles. The Balaban J connectivity index is 1.42. The number of hydrogen-bond donors (Lipinski definition) is 0. The van der Waals surface area contributed by atoms with Gasteiger partial charge < -0.3 is 14.5 Å². The minimum absolute atomic E-state index is 0.617. The van der Waals surface area contributed by atoms with Crippen molar-refractivity contribution in [1.29, 1.82) is 0 Å². The first kappa shape index (κ1) is 17.9. The van der Waals surface area contributed by atoms with E-state index in [1.807, 2.05) is 25.1 Å². The highest BCUT2D eigenvalue weighted by molar-refractivity contribution is 7.09. The highest BCUT2D eigenvalue weighted by atomic mass is 32.1. The first-order valence-electron chi connectivity index (χ1n) is 8.90. The van der Waals surface area contributed by atoms with Crippen LogP contribution in [0, 0.1) is 0 Å². The molecule has 0 N–H and O–H groups in total. The smallest absolute Gasteiger partial charge is 0.224 e. The second-order valence-electron chi connectivity index (χ2n) is 6.74. The van der Waals surface area contributed by atoms with Crippen molar-refractivity contribution in [1.82, 2.24) is 24.2 Å². The summed E-state index contributed by atoms with van der Waals surface area (Å²) >= 11 is 1.45. The fraction of sp³-hybridized carbons (Fsp3) is 0.444. The molecule has 0 radical (unpaired) electrons. The third kappa shape index (κ3) is 3.79. The Morgan fingerprint density at radius 3 is 2.67 bits per heavy atom. The van der Waals surface area contributed by atoms with Crippen molar-refractivity contribution < 1.29 is 4.74 Å². The zero-order chi connectivity index (χ0) is 18.8. The molecule has 27 heavy (non-hydrogen) atoms. The molecule has 0 bridgehead atoms. The number of methoxy groups -OCH3 is 1. The predicted octanol–water partition coefficient (Wildman–Crippen LogP) is 1.88. The monoisotopic (exact) mass is 385 g/mol. The summed E-state index contributed by atoms with van der Waals surface area (Å²) in [5.74, 6) is 1.52. The Morgan fingerprint density at radius 1 is 1.15 bits per heavy atom. The van der Waals surface area contributed by atoms with Gasteiger partial charge in [0, 0.05) is 57.5 Å². The van der Waals surface area contributed by atoms with Gasteiger partial charge in [-0.2, -0.15) is 4.37 Å². The third-order valence-corrected chi connectivity index (χ3v) is 5.64. The van der Waals surface area contributed by atoms with Gasteiger partial charge in [0.15, 0.2) is 5.82 Å². The number of nitrogens with zero attached hydrogens (tertiary/aromatic N) is 7. The molecule has 0 saturated carbocycles. The molecule has 4 rings (SSSR count). The summed E-state index contributed by atoms with van der Waals surface area (Å²) in [6, 6.07) is 6.27. The van der Waals surface area contributed by atoms with Crippen LogP contribution in [0.25, 0.3) is 10.9 Å². The Labute approximate surface area is 162 Å². The molecule has 1 aliphatic heterocycles. The lowest BCUT2D eigenvalue weighted by atomic mass is 10.2. The molecule has 1 aliphatic rings. The molecule has 9 heteroatoms. The molecular weight excluding hydrogens is 362 g/mol. The van der Waals surface area contributed by atoms with Crippen molar-refractivity contribution in [3.05, 3.63) is 30.4 Å². The van der Waals surface area contributed by atoms with Gasteiger partial charge in [-0.3, -0.25) is 4.90 Å². The second kappa shape index (κ2) is 7.61. The maximum Gasteiger partial charge on any atom is 0.224 e. The molecule has 1 saturated heterocycles. The zero-order valence-corrected chi connectivity index (χ0v) is 16.6. The van der Waals surface area contributed by atoms with E-state index in [0.717, 1.165) is 54.6 Å². The normalized spacial score (nSPS) is 15.3. The quantitative estimate of drug-likeness (QED) is 0.659. The first-order chi connectivity index (χ1) is 13.1. The van der Waals surface area contributed by atoms with Crippen LogP contribution < -0.4 is 14.5 Å². The van der Waals surface area contributed by atoms with E-state index in [0.29, 0.717) is 5.88 Å². The van der Waals surface area contributed by atoms with E-state index in [1.165, 1.54) is 23.5 Å². The van der Waals surface area contributed by atoms with E-state index in [-0.39, 0.29) is 0 Å². The minimum Gasteiger partial charge on any atom is -0.480 e. The fourth-order valence-corrected chi connectivity index (χ4v) is 3.83. The van der Waals surface area contributed by atoms with Crippen molar-refractivity contribution in [2.45, 2.75) is 6.54 Å². The summed E-state index contributed by atoms with van der Waals surface area (Å²) in [4.78, 5) is 19.9. The van der Waals surface area contributed by atoms with Gasteiger partial charge in [0.1, 0.15) is 6.33 Å². The summed E-state index contributed by atoms with van der Waals surface area (Å²) in [5, 5.41) is 1.90. The molecule has 8 nitrogen and oxygen atoms in total. The molecule has 0 aliphatic carbocycles. The van der Waals surface area contributed by atoms with Crippen molar-refractivity contribution in [2.24, 2.45) is 0 Å². The van der Waals surface area contributed by atoms with Crippen LogP contribution in [0.1, 0.15) is 5.82 Å². The van der Waals surface area contributed by atoms with Crippen molar-refractivity contribution in [2.75, 3.05) is 57.2 Å². The SMILES string of the molecule is COc1ncnc2ccc(N3CCN(Cc4nsc(N(C)C)n4)CC3)cc12. The number of aromatic nitrogens is 4. The molecule has 0 atom stereocenters. The number of fused-ring (bicyclic) bond motifs is 1. The molecule has 0 amide bonds. The summed E-state index contributed by atoms with van der Waals surface area (Å²) in [5.41, 5.74) is 2.08. The number of ether oxygens (including phenoxy) is 1. The van der Waals surface area contributed by atoms with Crippen LogP contribution in [0.5, 0.6) is 5.88 Å². The molecule has 1 fully saturated rings. The van der Waals surface area contributed by atoms with Gasteiger partial charge in [-0.25, -0.2) is 15.0 Å². The van der Waals surface area contributed by atoms with Gasteiger partial charge in [0.05, 0.1) is 24.6 Å².